The number of carbonyl (C=O) groups is 2. The van der Waals surface area contributed by atoms with Crippen molar-refractivity contribution >= 4 is 45.4 Å². The van der Waals surface area contributed by atoms with Crippen LogP contribution >= 0.6 is 22.9 Å². The average Bonchev–Trinajstić information content (AvgIpc) is 2.98. The van der Waals surface area contributed by atoms with Gasteiger partial charge in [-0.1, -0.05) is 24.9 Å². The molecule has 1 aromatic carbocycles. The average molecular weight is 408 g/mol. The number of halogens is 1. The molecule has 142 valence electrons. The van der Waals surface area contributed by atoms with Gasteiger partial charge in [0.25, 0.3) is 17.5 Å². The number of nitrogens with zero attached hydrogens (tertiary/aromatic N) is 1. The van der Waals surface area contributed by atoms with Crippen molar-refractivity contribution in [3.05, 3.63) is 54.9 Å². The summed E-state index contributed by atoms with van der Waals surface area (Å²) in [5.74, 6) is -0.555. The lowest BCUT2D eigenvalue weighted by atomic mass is 9.85. The van der Waals surface area contributed by atoms with Gasteiger partial charge in [-0.15, -0.1) is 11.3 Å². The Hall–Kier alpha value is -2.45. The Morgan fingerprint density at radius 2 is 2.19 bits per heavy atom. The maximum absolute atomic E-state index is 12.6. The van der Waals surface area contributed by atoms with Crippen molar-refractivity contribution in [2.75, 3.05) is 5.32 Å². The Balaban J connectivity index is 1.91. The van der Waals surface area contributed by atoms with Gasteiger partial charge in [0.05, 0.1) is 21.1 Å². The number of hydrogen-bond acceptors (Lipinski definition) is 5. The first-order valence-electron chi connectivity index (χ1n) is 8.51. The van der Waals surface area contributed by atoms with Gasteiger partial charge in [0.1, 0.15) is 5.00 Å². The fourth-order valence-electron chi connectivity index (χ4n) is 3.32. The smallest absolute Gasteiger partial charge is 0.270 e. The number of amides is 2. The van der Waals surface area contributed by atoms with Crippen LogP contribution in [0, 0.1) is 16.0 Å². The number of carbonyl (C=O) groups excluding carboxylic acids is 2. The van der Waals surface area contributed by atoms with Crippen LogP contribution in [0.4, 0.5) is 10.7 Å². The molecule has 0 saturated heterocycles. The predicted molar refractivity (Wildman–Crippen MR) is 105 cm³/mol. The molecule has 0 fully saturated rings. The van der Waals surface area contributed by atoms with E-state index in [0.29, 0.717) is 16.5 Å². The Bertz CT molecular complexity index is 941. The number of thiophene rings is 1. The minimum absolute atomic E-state index is 0.0327. The molecule has 3 N–H and O–H groups in total. The molecule has 2 aromatic rings. The standard InChI is InChI=1S/C18H18ClN3O4S/c1-2-9-3-5-12-14(7-9)27-18(15(12)16(20)23)21-17(24)11-6-4-10(22(25)26)8-13(11)19/h4,6,8-9H,2-3,5,7H2,1H3,(H2,20,23)(H,21,24). The molecule has 0 bridgehead atoms. The van der Waals surface area contributed by atoms with Crippen molar-refractivity contribution in [2.24, 2.45) is 11.7 Å². The molecule has 1 unspecified atom stereocenters. The van der Waals surface area contributed by atoms with Gasteiger partial charge in [-0.2, -0.15) is 0 Å². The Kier molecular flexibility index (Phi) is 5.48. The highest BCUT2D eigenvalue weighted by Crippen LogP contribution is 2.40. The highest BCUT2D eigenvalue weighted by atomic mass is 35.5. The van der Waals surface area contributed by atoms with E-state index in [4.69, 9.17) is 17.3 Å². The van der Waals surface area contributed by atoms with Crippen LogP contribution in [-0.4, -0.2) is 16.7 Å². The number of anilines is 1. The second-order valence-corrected chi connectivity index (χ2v) is 7.98. The quantitative estimate of drug-likeness (QED) is 0.571. The van der Waals surface area contributed by atoms with Gasteiger partial charge in [0, 0.05) is 17.0 Å². The first-order valence-corrected chi connectivity index (χ1v) is 9.70. The molecule has 1 aliphatic carbocycles. The summed E-state index contributed by atoms with van der Waals surface area (Å²) in [7, 11) is 0. The van der Waals surface area contributed by atoms with Crippen LogP contribution < -0.4 is 11.1 Å². The van der Waals surface area contributed by atoms with E-state index in [1.54, 1.807) is 0 Å². The van der Waals surface area contributed by atoms with Crippen molar-refractivity contribution in [2.45, 2.75) is 32.6 Å². The van der Waals surface area contributed by atoms with Crippen LogP contribution in [-0.2, 0) is 12.8 Å². The minimum Gasteiger partial charge on any atom is -0.365 e. The molecule has 1 aromatic heterocycles. The summed E-state index contributed by atoms with van der Waals surface area (Å²) in [6.07, 6.45) is 3.67. The zero-order chi connectivity index (χ0) is 19.7. The molecule has 1 heterocycles. The summed E-state index contributed by atoms with van der Waals surface area (Å²) in [6, 6.07) is 3.62. The first-order chi connectivity index (χ1) is 12.8. The van der Waals surface area contributed by atoms with E-state index in [9.17, 15) is 19.7 Å². The van der Waals surface area contributed by atoms with Crippen molar-refractivity contribution in [3.63, 3.8) is 0 Å². The summed E-state index contributed by atoms with van der Waals surface area (Å²) < 4.78 is 0. The van der Waals surface area contributed by atoms with Crippen LogP contribution in [0.1, 0.15) is 50.9 Å². The fraction of sp³-hybridized carbons (Fsp3) is 0.333. The topological polar surface area (TPSA) is 115 Å². The molecule has 0 saturated carbocycles. The third-order valence-electron chi connectivity index (χ3n) is 4.83. The largest absolute Gasteiger partial charge is 0.365 e. The van der Waals surface area contributed by atoms with E-state index in [-0.39, 0.29) is 16.3 Å². The van der Waals surface area contributed by atoms with Crippen LogP contribution in [0.5, 0.6) is 0 Å². The molecule has 1 aliphatic rings. The van der Waals surface area contributed by atoms with Crippen LogP contribution in [0.3, 0.4) is 0 Å². The van der Waals surface area contributed by atoms with Gasteiger partial charge in [0.15, 0.2) is 0 Å². The van der Waals surface area contributed by atoms with Crippen molar-refractivity contribution in [1.82, 2.24) is 0 Å². The Labute approximate surface area is 164 Å². The zero-order valence-electron chi connectivity index (χ0n) is 14.6. The molecule has 0 radical (unpaired) electrons. The summed E-state index contributed by atoms with van der Waals surface area (Å²) in [5, 5.41) is 13.9. The van der Waals surface area contributed by atoms with Crippen LogP contribution in [0.15, 0.2) is 18.2 Å². The van der Waals surface area contributed by atoms with Crippen molar-refractivity contribution in [1.29, 1.82) is 0 Å². The SMILES string of the molecule is CCC1CCc2c(sc(NC(=O)c3ccc([N+](=O)[O-])cc3Cl)c2C(N)=O)C1. The number of rotatable bonds is 5. The summed E-state index contributed by atoms with van der Waals surface area (Å²) in [4.78, 5) is 35.9. The number of primary amides is 1. The molecule has 27 heavy (non-hydrogen) atoms. The van der Waals surface area contributed by atoms with Gasteiger partial charge in [-0.05, 0) is 36.8 Å². The number of fused-ring (bicyclic) bond motifs is 1. The van der Waals surface area contributed by atoms with Gasteiger partial charge in [0.2, 0.25) is 0 Å². The molecule has 3 rings (SSSR count). The molecule has 9 heteroatoms. The predicted octanol–water partition coefficient (Wildman–Crippen LogP) is 4.18. The molecule has 7 nitrogen and oxygen atoms in total. The lowest BCUT2D eigenvalue weighted by molar-refractivity contribution is -0.384. The van der Waals surface area contributed by atoms with Gasteiger partial charge >= 0.3 is 0 Å². The molecule has 1 atom stereocenters. The van der Waals surface area contributed by atoms with Crippen LogP contribution in [0.2, 0.25) is 5.02 Å². The summed E-state index contributed by atoms with van der Waals surface area (Å²) in [6.45, 7) is 2.14. The van der Waals surface area contributed by atoms with Gasteiger partial charge < -0.3 is 11.1 Å². The molecule has 2 amide bonds. The highest BCUT2D eigenvalue weighted by Gasteiger charge is 2.28. The number of nitro benzene ring substituents is 1. The van der Waals surface area contributed by atoms with E-state index in [2.05, 4.69) is 12.2 Å². The number of nitro groups is 1. The van der Waals surface area contributed by atoms with Crippen molar-refractivity contribution in [3.8, 4) is 0 Å². The fourth-order valence-corrected chi connectivity index (χ4v) is 4.95. The Morgan fingerprint density at radius 1 is 1.44 bits per heavy atom. The lowest BCUT2D eigenvalue weighted by Gasteiger charge is -2.20. The Morgan fingerprint density at radius 3 is 2.78 bits per heavy atom. The van der Waals surface area contributed by atoms with Gasteiger partial charge in [-0.25, -0.2) is 0 Å². The number of nitrogens with one attached hydrogen (secondary N) is 1. The summed E-state index contributed by atoms with van der Waals surface area (Å²) >= 11 is 7.38. The van der Waals surface area contributed by atoms with E-state index < -0.39 is 16.7 Å². The lowest BCUT2D eigenvalue weighted by Crippen LogP contribution is -2.20. The van der Waals surface area contributed by atoms with E-state index in [0.717, 1.165) is 42.2 Å². The first kappa shape index (κ1) is 19.3. The number of hydrogen-bond donors (Lipinski definition) is 2. The second kappa shape index (κ2) is 7.66. The monoisotopic (exact) mass is 407 g/mol. The zero-order valence-corrected chi connectivity index (χ0v) is 16.2. The normalized spacial score (nSPS) is 15.9. The molecular formula is C18H18ClN3O4S. The number of benzene rings is 1. The maximum atomic E-state index is 12.6. The third-order valence-corrected chi connectivity index (χ3v) is 6.31. The van der Waals surface area contributed by atoms with Crippen molar-refractivity contribution < 1.29 is 14.5 Å². The maximum Gasteiger partial charge on any atom is 0.270 e. The van der Waals surface area contributed by atoms with Gasteiger partial charge in [-0.3, -0.25) is 19.7 Å². The number of non-ortho nitro benzene ring substituents is 1. The third kappa shape index (κ3) is 3.81. The molecule has 0 spiro atoms. The molecular weight excluding hydrogens is 390 g/mol. The van der Waals surface area contributed by atoms with E-state index in [1.807, 2.05) is 0 Å². The van der Waals surface area contributed by atoms with E-state index in [1.165, 1.54) is 23.5 Å². The summed E-state index contributed by atoms with van der Waals surface area (Å²) in [5.41, 5.74) is 6.73. The molecule has 0 aliphatic heterocycles. The number of nitrogens with two attached hydrogens (primary N) is 1. The second-order valence-electron chi connectivity index (χ2n) is 6.46. The van der Waals surface area contributed by atoms with E-state index >= 15 is 0 Å². The highest BCUT2D eigenvalue weighted by molar-refractivity contribution is 7.17. The minimum atomic E-state index is -0.587. The van der Waals surface area contributed by atoms with Crippen LogP contribution in [0.25, 0.3) is 0 Å².